The smallest absolute Gasteiger partial charge is 0.220 e. The van der Waals surface area contributed by atoms with E-state index >= 15 is 0 Å². The molecule has 0 aliphatic heterocycles. The monoisotopic (exact) mass is 346 g/mol. The molecule has 0 bridgehead atoms. The zero-order valence-electron chi connectivity index (χ0n) is 14.9. The molecule has 1 N–H and O–H groups in total. The molecule has 26 heavy (non-hydrogen) atoms. The molecule has 4 heteroatoms. The van der Waals surface area contributed by atoms with Gasteiger partial charge in [-0.2, -0.15) is 0 Å². The summed E-state index contributed by atoms with van der Waals surface area (Å²) >= 11 is 0. The van der Waals surface area contributed by atoms with E-state index in [4.69, 9.17) is 4.52 Å². The van der Waals surface area contributed by atoms with Crippen molar-refractivity contribution in [1.82, 2.24) is 10.5 Å². The molecular formula is C22H22N2O2. The lowest BCUT2D eigenvalue weighted by Crippen LogP contribution is -2.25. The third-order valence-electron chi connectivity index (χ3n) is 4.78. The summed E-state index contributed by atoms with van der Waals surface area (Å²) in [5, 5.41) is 7.15. The number of rotatable bonds is 6. The Labute approximate surface area is 153 Å². The first-order chi connectivity index (χ1) is 12.7. The second-order valence-electron chi connectivity index (χ2n) is 6.86. The predicted molar refractivity (Wildman–Crippen MR) is 102 cm³/mol. The van der Waals surface area contributed by atoms with Crippen molar-refractivity contribution in [3.63, 3.8) is 0 Å². The number of aryl methyl sites for hydroxylation is 1. The van der Waals surface area contributed by atoms with Crippen molar-refractivity contribution in [2.45, 2.75) is 38.6 Å². The number of carbonyl (C=O) groups is 1. The molecule has 132 valence electrons. The van der Waals surface area contributed by atoms with Gasteiger partial charge in [-0.15, -0.1) is 0 Å². The van der Waals surface area contributed by atoms with Gasteiger partial charge in [0.05, 0.1) is 5.69 Å². The van der Waals surface area contributed by atoms with Crippen LogP contribution in [0.1, 0.15) is 30.5 Å². The number of hydrogen-bond acceptors (Lipinski definition) is 3. The third kappa shape index (κ3) is 3.69. The van der Waals surface area contributed by atoms with Crippen molar-refractivity contribution >= 4 is 5.91 Å². The first-order valence-corrected chi connectivity index (χ1v) is 9.11. The number of nitrogens with zero attached hydrogens (tertiary/aromatic N) is 1. The number of amides is 1. The molecule has 1 aliphatic carbocycles. The normalized spacial score (nSPS) is 13.6. The summed E-state index contributed by atoms with van der Waals surface area (Å²) in [6.07, 6.45) is 3.32. The Balaban J connectivity index is 1.51. The number of nitrogens with one attached hydrogen (secondary N) is 1. The van der Waals surface area contributed by atoms with Crippen LogP contribution in [-0.4, -0.2) is 17.1 Å². The zero-order valence-corrected chi connectivity index (χ0v) is 14.9. The van der Waals surface area contributed by atoms with Gasteiger partial charge in [0.15, 0.2) is 5.76 Å². The quantitative estimate of drug-likeness (QED) is 0.713. The largest absolute Gasteiger partial charge is 0.356 e. The van der Waals surface area contributed by atoms with Crippen molar-refractivity contribution in [3.8, 4) is 22.5 Å². The zero-order chi connectivity index (χ0) is 17.9. The lowest BCUT2D eigenvalue weighted by molar-refractivity contribution is -0.121. The minimum absolute atomic E-state index is 0.110. The number of carbonyl (C=O) groups excluding carboxylic acids is 1. The molecule has 1 amide bonds. The van der Waals surface area contributed by atoms with E-state index in [1.54, 1.807) is 0 Å². The minimum Gasteiger partial charge on any atom is -0.356 e. The van der Waals surface area contributed by atoms with Crippen LogP contribution in [0.25, 0.3) is 22.5 Å². The van der Waals surface area contributed by atoms with E-state index in [9.17, 15) is 4.79 Å². The average molecular weight is 346 g/mol. The molecule has 1 saturated carbocycles. The Morgan fingerprint density at radius 2 is 1.69 bits per heavy atom. The van der Waals surface area contributed by atoms with Gasteiger partial charge in [-0.05, 0) is 37.3 Å². The van der Waals surface area contributed by atoms with E-state index < -0.39 is 0 Å². The summed E-state index contributed by atoms with van der Waals surface area (Å²) < 4.78 is 5.57. The molecule has 1 fully saturated rings. The second kappa shape index (κ2) is 7.16. The lowest BCUT2D eigenvalue weighted by Gasteiger charge is -2.06. The van der Waals surface area contributed by atoms with Gasteiger partial charge in [0.1, 0.15) is 0 Å². The summed E-state index contributed by atoms with van der Waals surface area (Å²) in [7, 11) is 0. The summed E-state index contributed by atoms with van der Waals surface area (Å²) in [5.74, 6) is 0.875. The van der Waals surface area contributed by atoms with Crippen LogP contribution < -0.4 is 5.32 Å². The maximum absolute atomic E-state index is 12.0. The SMILES string of the molecule is Cc1noc(-c2ccc(-c3ccccc3)cc2)c1CCC(=O)NC1CC1. The van der Waals surface area contributed by atoms with Gasteiger partial charge in [-0.25, -0.2) is 0 Å². The average Bonchev–Trinajstić information content (AvgIpc) is 3.41. The number of hydrogen-bond donors (Lipinski definition) is 1. The van der Waals surface area contributed by atoms with E-state index in [0.29, 0.717) is 18.9 Å². The second-order valence-corrected chi connectivity index (χ2v) is 6.86. The maximum Gasteiger partial charge on any atom is 0.220 e. The summed E-state index contributed by atoms with van der Waals surface area (Å²) in [6.45, 7) is 1.93. The van der Waals surface area contributed by atoms with Crippen molar-refractivity contribution in [2.75, 3.05) is 0 Å². The maximum atomic E-state index is 12.0. The van der Waals surface area contributed by atoms with Crippen LogP contribution in [0, 0.1) is 6.92 Å². The van der Waals surface area contributed by atoms with E-state index in [1.165, 1.54) is 5.56 Å². The first-order valence-electron chi connectivity index (χ1n) is 9.11. The summed E-state index contributed by atoms with van der Waals surface area (Å²) in [4.78, 5) is 12.0. The molecule has 4 rings (SSSR count). The van der Waals surface area contributed by atoms with Gasteiger partial charge in [0.2, 0.25) is 5.91 Å². The molecule has 0 spiro atoms. The molecule has 0 atom stereocenters. The van der Waals surface area contributed by atoms with E-state index in [-0.39, 0.29) is 5.91 Å². The highest BCUT2D eigenvalue weighted by molar-refractivity contribution is 5.77. The molecule has 4 nitrogen and oxygen atoms in total. The molecule has 1 aromatic heterocycles. The Bertz CT molecular complexity index is 894. The van der Waals surface area contributed by atoms with Gasteiger partial charge < -0.3 is 9.84 Å². The topological polar surface area (TPSA) is 55.1 Å². The predicted octanol–water partition coefficient (Wildman–Crippen LogP) is 4.53. The van der Waals surface area contributed by atoms with Gasteiger partial charge in [-0.1, -0.05) is 59.8 Å². The van der Waals surface area contributed by atoms with Gasteiger partial charge in [0, 0.05) is 23.6 Å². The fourth-order valence-electron chi connectivity index (χ4n) is 3.12. The van der Waals surface area contributed by atoms with Crippen LogP contribution in [0.3, 0.4) is 0 Å². The molecule has 0 radical (unpaired) electrons. The van der Waals surface area contributed by atoms with Gasteiger partial charge >= 0.3 is 0 Å². The van der Waals surface area contributed by atoms with Crippen LogP contribution in [-0.2, 0) is 11.2 Å². The highest BCUT2D eigenvalue weighted by Gasteiger charge is 2.23. The standard InChI is InChI=1S/C22H22N2O2/c1-15-20(13-14-21(25)23-19-11-12-19)22(26-24-15)18-9-7-17(8-10-18)16-5-3-2-4-6-16/h2-10,19H,11-14H2,1H3,(H,23,25). The number of aromatic nitrogens is 1. The molecule has 0 saturated heterocycles. The molecule has 3 aromatic rings. The Kier molecular flexibility index (Phi) is 4.57. The van der Waals surface area contributed by atoms with Crippen molar-refractivity contribution in [3.05, 3.63) is 65.9 Å². The third-order valence-corrected chi connectivity index (χ3v) is 4.78. The number of benzene rings is 2. The summed E-state index contributed by atoms with van der Waals surface area (Å²) in [6, 6.07) is 19.0. The molecule has 1 aliphatic rings. The molecule has 1 heterocycles. The van der Waals surface area contributed by atoms with Crippen LogP contribution in [0.2, 0.25) is 0 Å². The Hall–Kier alpha value is -2.88. The van der Waals surface area contributed by atoms with Crippen LogP contribution in [0.15, 0.2) is 59.1 Å². The highest BCUT2D eigenvalue weighted by atomic mass is 16.5. The summed E-state index contributed by atoms with van der Waals surface area (Å²) in [5.41, 5.74) is 5.21. The lowest BCUT2D eigenvalue weighted by atomic mass is 9.99. The van der Waals surface area contributed by atoms with Crippen LogP contribution in [0.4, 0.5) is 0 Å². The Morgan fingerprint density at radius 3 is 2.38 bits per heavy atom. The van der Waals surface area contributed by atoms with Crippen molar-refractivity contribution in [1.29, 1.82) is 0 Å². The van der Waals surface area contributed by atoms with E-state index in [1.807, 2.05) is 25.1 Å². The highest BCUT2D eigenvalue weighted by Crippen LogP contribution is 2.29. The van der Waals surface area contributed by atoms with Crippen molar-refractivity contribution < 1.29 is 9.32 Å². The molecule has 2 aromatic carbocycles. The fourth-order valence-corrected chi connectivity index (χ4v) is 3.12. The van der Waals surface area contributed by atoms with Gasteiger partial charge in [-0.3, -0.25) is 4.79 Å². The first kappa shape index (κ1) is 16.6. The fraction of sp³-hybridized carbons (Fsp3) is 0.273. The molecule has 0 unspecified atom stereocenters. The van der Waals surface area contributed by atoms with E-state index in [0.717, 1.165) is 41.0 Å². The molecular weight excluding hydrogens is 324 g/mol. The van der Waals surface area contributed by atoms with Crippen LogP contribution in [0.5, 0.6) is 0 Å². The van der Waals surface area contributed by atoms with Crippen LogP contribution >= 0.6 is 0 Å². The van der Waals surface area contributed by atoms with Gasteiger partial charge in [0.25, 0.3) is 0 Å². The van der Waals surface area contributed by atoms with E-state index in [2.05, 4.69) is 46.9 Å². The van der Waals surface area contributed by atoms with Crippen molar-refractivity contribution in [2.24, 2.45) is 0 Å². The Morgan fingerprint density at radius 1 is 1.04 bits per heavy atom. The minimum atomic E-state index is 0.110.